The zero-order valence-corrected chi connectivity index (χ0v) is 12.0. The van der Waals surface area contributed by atoms with Crippen LogP contribution in [-0.2, 0) is 0 Å². The van der Waals surface area contributed by atoms with Crippen LogP contribution in [0.1, 0.15) is 5.56 Å². The summed E-state index contributed by atoms with van der Waals surface area (Å²) in [6, 6.07) is 9.08. The number of hydrogen-bond donors (Lipinski definition) is 1. The van der Waals surface area contributed by atoms with Crippen LogP contribution in [0.5, 0.6) is 11.6 Å². The van der Waals surface area contributed by atoms with Crippen LogP contribution >= 0.6 is 0 Å². The standard InChI is InChI=1S/C12H10AsN3O2/c1-18-8-4-2-3-7(5-8)10-9(6-14)11(17)16-12(13)15-10/h2-5H,13H2,1H3,(H,15,16,17). The first kappa shape index (κ1) is 12.4. The van der Waals surface area contributed by atoms with Crippen molar-refractivity contribution in [3.05, 3.63) is 29.8 Å². The van der Waals surface area contributed by atoms with Gasteiger partial charge < -0.3 is 0 Å². The number of methoxy groups -OCH3 is 1. The maximum absolute atomic E-state index is 9.67. The predicted octanol–water partition coefficient (Wildman–Crippen LogP) is -0.0121. The summed E-state index contributed by atoms with van der Waals surface area (Å²) in [5, 5.41) is 18.7. The number of ether oxygens (including phenoxy) is 1. The Morgan fingerprint density at radius 2 is 2.17 bits per heavy atom. The molecule has 1 heterocycles. The van der Waals surface area contributed by atoms with Crippen LogP contribution in [0.25, 0.3) is 11.3 Å². The number of benzene rings is 1. The summed E-state index contributed by atoms with van der Waals surface area (Å²) in [6.45, 7) is 0. The summed E-state index contributed by atoms with van der Waals surface area (Å²) >= 11 is 1.18. The van der Waals surface area contributed by atoms with E-state index in [1.165, 1.54) is 16.9 Å². The fraction of sp³-hybridized carbons (Fsp3) is 0.0833. The molecule has 0 aliphatic carbocycles. The van der Waals surface area contributed by atoms with Gasteiger partial charge in [-0.3, -0.25) is 0 Å². The molecule has 5 nitrogen and oxygen atoms in total. The molecule has 0 saturated carbocycles. The van der Waals surface area contributed by atoms with Crippen LogP contribution in [0.3, 0.4) is 0 Å². The molecule has 0 radical (unpaired) electrons. The first-order valence-electron chi connectivity index (χ1n) is 5.06. The quantitative estimate of drug-likeness (QED) is 0.789. The van der Waals surface area contributed by atoms with Gasteiger partial charge in [-0.25, -0.2) is 0 Å². The third-order valence-corrected chi connectivity index (χ3v) is 2.90. The molecule has 0 aliphatic rings. The van der Waals surface area contributed by atoms with Crippen LogP contribution in [0.2, 0.25) is 0 Å². The molecule has 2 aromatic rings. The van der Waals surface area contributed by atoms with Gasteiger partial charge in [0.2, 0.25) is 0 Å². The summed E-state index contributed by atoms with van der Waals surface area (Å²) in [4.78, 5) is 8.02. The fourth-order valence-corrected chi connectivity index (χ4v) is 2.08. The van der Waals surface area contributed by atoms with E-state index in [4.69, 9.17) is 10.00 Å². The van der Waals surface area contributed by atoms with E-state index in [2.05, 4.69) is 9.97 Å². The maximum atomic E-state index is 9.67. The van der Waals surface area contributed by atoms with E-state index in [0.29, 0.717) is 21.6 Å². The molecule has 0 spiro atoms. The van der Waals surface area contributed by atoms with Gasteiger partial charge in [0, 0.05) is 0 Å². The fourth-order valence-electron chi connectivity index (χ4n) is 1.55. The molecule has 0 bridgehead atoms. The molecular weight excluding hydrogens is 293 g/mol. The zero-order chi connectivity index (χ0) is 13.1. The monoisotopic (exact) mass is 303 g/mol. The first-order valence-corrected chi connectivity index (χ1v) is 6.28. The second kappa shape index (κ2) is 5.07. The molecule has 0 saturated heterocycles. The Bertz CT molecular complexity index is 638. The van der Waals surface area contributed by atoms with Crippen LogP contribution in [0.15, 0.2) is 24.3 Å². The normalized spacial score (nSPS) is 9.83. The topological polar surface area (TPSA) is 79.0 Å². The first-order chi connectivity index (χ1) is 8.65. The van der Waals surface area contributed by atoms with Gasteiger partial charge >= 0.3 is 112 Å². The summed E-state index contributed by atoms with van der Waals surface area (Å²) in [5.74, 6) is 0.377. The molecule has 1 atom stereocenters. The van der Waals surface area contributed by atoms with Gasteiger partial charge in [0.25, 0.3) is 0 Å². The SMILES string of the molecule is COc1cccc(-c2nc([AsH2])nc(O)c2C#N)c1. The number of hydrogen-bond acceptors (Lipinski definition) is 5. The van der Waals surface area contributed by atoms with Gasteiger partial charge in [-0.2, -0.15) is 0 Å². The van der Waals surface area contributed by atoms with Crippen molar-refractivity contribution in [2.75, 3.05) is 7.11 Å². The second-order valence-corrected chi connectivity index (χ2v) is 4.56. The Morgan fingerprint density at radius 1 is 1.39 bits per heavy atom. The minimum absolute atomic E-state index is 0.0738. The van der Waals surface area contributed by atoms with E-state index in [0.717, 1.165) is 0 Å². The average molecular weight is 303 g/mol. The molecular formula is C12H10AsN3O2. The van der Waals surface area contributed by atoms with Gasteiger partial charge in [-0.05, 0) is 0 Å². The minimum atomic E-state index is -0.287. The molecule has 6 heteroatoms. The van der Waals surface area contributed by atoms with E-state index in [-0.39, 0.29) is 11.4 Å². The van der Waals surface area contributed by atoms with Crippen molar-refractivity contribution < 1.29 is 9.84 Å². The van der Waals surface area contributed by atoms with Crippen molar-refractivity contribution in [3.8, 4) is 29.0 Å². The Balaban J connectivity index is 2.66. The number of aromatic nitrogens is 2. The van der Waals surface area contributed by atoms with E-state index in [9.17, 15) is 5.11 Å². The van der Waals surface area contributed by atoms with E-state index in [1.807, 2.05) is 6.07 Å². The molecule has 90 valence electrons. The molecule has 0 aliphatic heterocycles. The third kappa shape index (κ3) is 2.29. The van der Waals surface area contributed by atoms with Crippen LogP contribution in [0.4, 0.5) is 0 Å². The Kier molecular flexibility index (Phi) is 3.50. The summed E-state index contributed by atoms with van der Waals surface area (Å²) in [6.07, 6.45) is 0. The van der Waals surface area contributed by atoms with Crippen molar-refractivity contribution in [3.63, 3.8) is 0 Å². The van der Waals surface area contributed by atoms with Crippen molar-refractivity contribution in [2.24, 2.45) is 0 Å². The zero-order valence-electron chi connectivity index (χ0n) is 9.58. The Morgan fingerprint density at radius 3 is 2.83 bits per heavy atom. The van der Waals surface area contributed by atoms with Gasteiger partial charge in [-0.15, -0.1) is 0 Å². The average Bonchev–Trinajstić information content (AvgIpc) is 2.38. The Labute approximate surface area is 113 Å². The summed E-state index contributed by atoms with van der Waals surface area (Å²) in [7, 11) is 1.57. The molecule has 1 N–H and O–H groups in total. The van der Waals surface area contributed by atoms with Crippen molar-refractivity contribution in [1.29, 1.82) is 5.26 Å². The summed E-state index contributed by atoms with van der Waals surface area (Å²) in [5.41, 5.74) is 1.20. The molecule has 1 aromatic heterocycles. The number of aromatic hydroxyl groups is 1. The number of nitriles is 1. The molecule has 1 unspecified atom stereocenters. The van der Waals surface area contributed by atoms with Crippen molar-refractivity contribution in [2.45, 2.75) is 0 Å². The van der Waals surface area contributed by atoms with E-state index >= 15 is 0 Å². The van der Waals surface area contributed by atoms with Gasteiger partial charge in [0.15, 0.2) is 0 Å². The van der Waals surface area contributed by atoms with Crippen molar-refractivity contribution in [1.82, 2.24) is 9.97 Å². The number of rotatable bonds is 2. The van der Waals surface area contributed by atoms with Gasteiger partial charge in [-0.1, -0.05) is 0 Å². The summed E-state index contributed by atoms with van der Waals surface area (Å²) < 4.78 is 5.59. The van der Waals surface area contributed by atoms with E-state index < -0.39 is 0 Å². The van der Waals surface area contributed by atoms with Crippen LogP contribution < -0.4 is 9.35 Å². The van der Waals surface area contributed by atoms with Gasteiger partial charge in [0.05, 0.1) is 0 Å². The molecule has 18 heavy (non-hydrogen) atoms. The van der Waals surface area contributed by atoms with Crippen LogP contribution in [-0.4, -0.2) is 39.0 Å². The number of nitrogens with zero attached hydrogens (tertiary/aromatic N) is 3. The van der Waals surface area contributed by atoms with Crippen molar-refractivity contribution >= 4 is 21.5 Å². The van der Waals surface area contributed by atoms with Crippen LogP contribution in [0, 0.1) is 11.3 Å². The molecule has 0 amide bonds. The predicted molar refractivity (Wildman–Crippen MR) is 68.6 cm³/mol. The molecule has 2 rings (SSSR count). The van der Waals surface area contributed by atoms with Gasteiger partial charge in [0.1, 0.15) is 0 Å². The molecule has 0 fully saturated rings. The molecule has 1 aromatic carbocycles. The Hall–Kier alpha value is -2.05. The third-order valence-electron chi connectivity index (χ3n) is 2.36. The van der Waals surface area contributed by atoms with E-state index in [1.54, 1.807) is 31.4 Å². The second-order valence-electron chi connectivity index (χ2n) is 3.47.